The second-order valence-electron chi connectivity index (χ2n) is 5.97. The number of benzene rings is 2. The summed E-state index contributed by atoms with van der Waals surface area (Å²) in [5.41, 5.74) is 2.16. The van der Waals surface area contributed by atoms with Crippen molar-refractivity contribution in [1.82, 2.24) is 4.98 Å². The van der Waals surface area contributed by atoms with E-state index in [1.807, 2.05) is 29.6 Å². The predicted molar refractivity (Wildman–Crippen MR) is 112 cm³/mol. The van der Waals surface area contributed by atoms with E-state index in [0.29, 0.717) is 28.1 Å². The maximum absolute atomic E-state index is 12.6. The minimum absolute atomic E-state index is 0.286. The number of aliphatic imine (C=N–C) groups is 1. The molecule has 0 spiro atoms. The maximum atomic E-state index is 12.6. The molecule has 1 aliphatic heterocycles. The van der Waals surface area contributed by atoms with E-state index in [1.54, 1.807) is 37.6 Å². The second-order valence-corrected chi connectivity index (χ2v) is 6.83. The number of nitrogens with zero attached hydrogens (tertiary/aromatic N) is 2. The molecule has 3 aromatic rings. The van der Waals surface area contributed by atoms with Crippen molar-refractivity contribution in [3.05, 3.63) is 65.7 Å². The van der Waals surface area contributed by atoms with Crippen LogP contribution >= 0.6 is 11.3 Å². The third-order valence-corrected chi connectivity index (χ3v) is 4.93. The van der Waals surface area contributed by atoms with E-state index in [2.05, 4.69) is 15.3 Å². The van der Waals surface area contributed by atoms with Crippen LogP contribution in [0.15, 0.2) is 65.1 Å². The quantitative estimate of drug-likeness (QED) is 0.656. The number of aromatic nitrogens is 1. The van der Waals surface area contributed by atoms with Crippen LogP contribution in [0.5, 0.6) is 17.2 Å². The van der Waals surface area contributed by atoms with Gasteiger partial charge >= 0.3 is 0 Å². The Morgan fingerprint density at radius 2 is 1.83 bits per heavy atom. The van der Waals surface area contributed by atoms with Crippen LogP contribution in [-0.2, 0) is 0 Å². The second kappa shape index (κ2) is 8.15. The lowest BCUT2D eigenvalue weighted by molar-refractivity contribution is 0.102. The van der Waals surface area contributed by atoms with Crippen LogP contribution in [0.1, 0.15) is 10.4 Å². The first-order valence-corrected chi connectivity index (χ1v) is 9.56. The van der Waals surface area contributed by atoms with E-state index in [1.165, 1.54) is 18.4 Å². The Labute approximate surface area is 171 Å². The Kier molecular flexibility index (Phi) is 5.26. The van der Waals surface area contributed by atoms with Crippen LogP contribution < -0.4 is 19.5 Å². The molecule has 2 aromatic carbocycles. The molecule has 0 radical (unpaired) electrons. The monoisotopic (exact) mass is 407 g/mol. The normalized spacial score (nSPS) is 12.0. The highest BCUT2D eigenvalue weighted by atomic mass is 32.1. The van der Waals surface area contributed by atoms with Crippen LogP contribution in [0.25, 0.3) is 11.3 Å². The summed E-state index contributed by atoms with van der Waals surface area (Å²) in [5.74, 6) is 1.92. The predicted octanol–water partition coefficient (Wildman–Crippen LogP) is 4.38. The zero-order chi connectivity index (χ0) is 20.2. The molecule has 7 nitrogen and oxygen atoms in total. The summed E-state index contributed by atoms with van der Waals surface area (Å²) in [4.78, 5) is 21.1. The summed E-state index contributed by atoms with van der Waals surface area (Å²) < 4.78 is 16.1. The zero-order valence-electron chi connectivity index (χ0n) is 15.7. The third-order valence-electron chi connectivity index (χ3n) is 4.17. The molecule has 0 unspecified atom stereocenters. The molecule has 8 heteroatoms. The fraction of sp³-hybridized carbons (Fsp3) is 0.0952. The van der Waals surface area contributed by atoms with Crippen molar-refractivity contribution in [2.24, 2.45) is 4.99 Å². The van der Waals surface area contributed by atoms with Crippen LogP contribution in [0.4, 0.5) is 5.13 Å². The van der Waals surface area contributed by atoms with Gasteiger partial charge in [-0.3, -0.25) is 10.1 Å². The molecule has 1 aromatic heterocycles. The van der Waals surface area contributed by atoms with Crippen molar-refractivity contribution < 1.29 is 19.0 Å². The molecule has 0 atom stereocenters. The highest BCUT2D eigenvalue weighted by Crippen LogP contribution is 2.30. The first-order chi connectivity index (χ1) is 14.2. The number of anilines is 1. The molecule has 1 aliphatic rings. The van der Waals surface area contributed by atoms with Crippen LogP contribution in [-0.4, -0.2) is 31.0 Å². The molecule has 0 saturated heterocycles. The SMILES string of the molecule is COc1ccc(-c2csc(NC(=O)c3ccc(OC4=NC=C4)c(OC)c3)n2)cc1. The van der Waals surface area contributed by atoms with Gasteiger partial charge in [0.25, 0.3) is 5.91 Å². The topological polar surface area (TPSA) is 82.0 Å². The lowest BCUT2D eigenvalue weighted by Crippen LogP contribution is -2.13. The molecule has 1 amide bonds. The number of amides is 1. The van der Waals surface area contributed by atoms with Gasteiger partial charge in [-0.25, -0.2) is 9.98 Å². The maximum Gasteiger partial charge on any atom is 0.257 e. The molecule has 0 bridgehead atoms. The first-order valence-electron chi connectivity index (χ1n) is 8.68. The van der Waals surface area contributed by atoms with Crippen molar-refractivity contribution >= 4 is 28.3 Å². The summed E-state index contributed by atoms with van der Waals surface area (Å²) in [7, 11) is 3.14. The molecular weight excluding hydrogens is 390 g/mol. The minimum atomic E-state index is -0.286. The molecule has 1 N–H and O–H groups in total. The van der Waals surface area contributed by atoms with Gasteiger partial charge in [-0.1, -0.05) is 0 Å². The van der Waals surface area contributed by atoms with E-state index in [-0.39, 0.29) is 5.91 Å². The van der Waals surface area contributed by atoms with Gasteiger partial charge in [0.2, 0.25) is 5.90 Å². The number of hydrogen-bond acceptors (Lipinski definition) is 7. The molecule has 4 rings (SSSR count). The van der Waals surface area contributed by atoms with Gasteiger partial charge in [0.05, 0.1) is 19.9 Å². The van der Waals surface area contributed by atoms with Gasteiger partial charge in [-0.2, -0.15) is 0 Å². The molecular formula is C21H17N3O4S. The fourth-order valence-electron chi connectivity index (χ4n) is 2.60. The zero-order valence-corrected chi connectivity index (χ0v) is 16.5. The van der Waals surface area contributed by atoms with Crippen LogP contribution in [0.2, 0.25) is 0 Å². The Balaban J connectivity index is 1.47. The van der Waals surface area contributed by atoms with Crippen molar-refractivity contribution in [3.8, 4) is 28.5 Å². The molecule has 146 valence electrons. The van der Waals surface area contributed by atoms with E-state index in [0.717, 1.165) is 17.0 Å². The van der Waals surface area contributed by atoms with Gasteiger partial charge < -0.3 is 14.2 Å². The highest BCUT2D eigenvalue weighted by molar-refractivity contribution is 7.14. The van der Waals surface area contributed by atoms with Crippen molar-refractivity contribution in [2.45, 2.75) is 0 Å². The third kappa shape index (κ3) is 4.12. The van der Waals surface area contributed by atoms with Crippen LogP contribution in [0.3, 0.4) is 0 Å². The van der Waals surface area contributed by atoms with E-state index >= 15 is 0 Å². The first kappa shape index (κ1) is 18.7. The number of methoxy groups -OCH3 is 2. The lowest BCUT2D eigenvalue weighted by Gasteiger charge is -2.13. The summed E-state index contributed by atoms with van der Waals surface area (Å²) in [6.07, 6.45) is 3.38. The van der Waals surface area contributed by atoms with E-state index in [4.69, 9.17) is 14.2 Å². The minimum Gasteiger partial charge on any atom is -0.497 e. The number of carbonyl (C=O) groups is 1. The summed E-state index contributed by atoms with van der Waals surface area (Å²) in [5, 5.41) is 5.22. The van der Waals surface area contributed by atoms with Gasteiger partial charge in [0, 0.05) is 28.8 Å². The van der Waals surface area contributed by atoms with Gasteiger partial charge in [0.15, 0.2) is 16.6 Å². The highest BCUT2D eigenvalue weighted by Gasteiger charge is 2.15. The number of carbonyl (C=O) groups excluding carboxylic acids is 1. The van der Waals surface area contributed by atoms with Crippen molar-refractivity contribution in [1.29, 1.82) is 0 Å². The Morgan fingerprint density at radius 3 is 2.48 bits per heavy atom. The van der Waals surface area contributed by atoms with Crippen molar-refractivity contribution in [2.75, 3.05) is 19.5 Å². The van der Waals surface area contributed by atoms with Crippen LogP contribution in [0, 0.1) is 0 Å². The van der Waals surface area contributed by atoms with Gasteiger partial charge in [0.1, 0.15) is 5.75 Å². The van der Waals surface area contributed by atoms with Gasteiger partial charge in [-0.05, 0) is 42.5 Å². The molecule has 0 saturated carbocycles. The summed E-state index contributed by atoms with van der Waals surface area (Å²) in [6, 6.07) is 12.5. The standard InChI is InChI=1S/C21H17N3O4S/c1-26-15-6-3-13(4-7-15)16-12-29-21(23-16)24-20(25)14-5-8-17(18(11-14)27-2)28-19-9-10-22-19/h3-12H,1-2H3,(H,23,24,25). The Hall–Kier alpha value is -3.65. The summed E-state index contributed by atoms with van der Waals surface area (Å²) in [6.45, 7) is 0. The Morgan fingerprint density at radius 1 is 1.03 bits per heavy atom. The molecule has 0 aliphatic carbocycles. The molecule has 29 heavy (non-hydrogen) atoms. The molecule has 2 heterocycles. The number of rotatable bonds is 6. The van der Waals surface area contributed by atoms with E-state index in [9.17, 15) is 4.79 Å². The number of thiazole rings is 1. The van der Waals surface area contributed by atoms with Crippen molar-refractivity contribution in [3.63, 3.8) is 0 Å². The number of hydrogen-bond donors (Lipinski definition) is 1. The summed E-state index contributed by atoms with van der Waals surface area (Å²) >= 11 is 1.36. The smallest absolute Gasteiger partial charge is 0.257 e. The van der Waals surface area contributed by atoms with Gasteiger partial charge in [-0.15, -0.1) is 11.3 Å². The molecule has 0 fully saturated rings. The average Bonchev–Trinajstić information content (AvgIpc) is 3.19. The average molecular weight is 407 g/mol. The van der Waals surface area contributed by atoms with E-state index < -0.39 is 0 Å². The number of nitrogens with one attached hydrogen (secondary N) is 1. The Bertz CT molecular complexity index is 1100. The fourth-order valence-corrected chi connectivity index (χ4v) is 3.31. The lowest BCUT2D eigenvalue weighted by atomic mass is 10.2. The largest absolute Gasteiger partial charge is 0.497 e. The number of ether oxygens (including phenoxy) is 3.